The molecule has 1 aliphatic rings. The van der Waals surface area contributed by atoms with Crippen molar-refractivity contribution in [2.24, 2.45) is 0 Å². The molecule has 0 aliphatic carbocycles. The molecular formula is C9H9ClO4S. The Bertz CT molecular complexity index is 469. The fraction of sp³-hybridized carbons (Fsp3) is 0.333. The van der Waals surface area contributed by atoms with Crippen LogP contribution in [0.4, 0.5) is 0 Å². The first-order valence-corrected chi connectivity index (χ1v) is 6.73. The third-order valence-corrected chi connectivity index (χ3v) is 3.34. The van der Waals surface area contributed by atoms with Gasteiger partial charge in [-0.1, -0.05) is 6.07 Å². The molecule has 2 rings (SSSR count). The minimum atomic E-state index is -3.79. The van der Waals surface area contributed by atoms with E-state index in [0.717, 1.165) is 6.42 Å². The van der Waals surface area contributed by atoms with E-state index in [1.807, 2.05) is 0 Å². The third-order valence-electron chi connectivity index (χ3n) is 2.00. The number of fused-ring (bicyclic) bond motifs is 1. The van der Waals surface area contributed by atoms with Crippen molar-refractivity contribution in [2.45, 2.75) is 11.3 Å². The van der Waals surface area contributed by atoms with Crippen molar-refractivity contribution in [3.05, 3.63) is 18.2 Å². The Labute approximate surface area is 92.2 Å². The third kappa shape index (κ3) is 2.18. The van der Waals surface area contributed by atoms with Crippen LogP contribution >= 0.6 is 10.7 Å². The van der Waals surface area contributed by atoms with Gasteiger partial charge in [-0.3, -0.25) is 0 Å². The first kappa shape index (κ1) is 10.6. The maximum atomic E-state index is 11.2. The average Bonchev–Trinajstić information content (AvgIpc) is 2.39. The van der Waals surface area contributed by atoms with Crippen LogP contribution in [0.2, 0.25) is 0 Å². The van der Waals surface area contributed by atoms with Crippen LogP contribution in [0, 0.1) is 0 Å². The summed E-state index contributed by atoms with van der Waals surface area (Å²) in [6.07, 6.45) is 0.719. The lowest BCUT2D eigenvalue weighted by Gasteiger charge is -2.09. The maximum Gasteiger partial charge on any atom is 0.265 e. The molecule has 0 N–H and O–H groups in total. The van der Waals surface area contributed by atoms with Gasteiger partial charge < -0.3 is 9.47 Å². The molecule has 15 heavy (non-hydrogen) atoms. The highest BCUT2D eigenvalue weighted by atomic mass is 35.7. The number of rotatable bonds is 1. The van der Waals surface area contributed by atoms with Gasteiger partial charge in [0.05, 0.1) is 13.2 Å². The summed E-state index contributed by atoms with van der Waals surface area (Å²) >= 11 is 0. The highest BCUT2D eigenvalue weighted by molar-refractivity contribution is 8.13. The average molecular weight is 249 g/mol. The van der Waals surface area contributed by atoms with Crippen LogP contribution in [-0.2, 0) is 9.05 Å². The van der Waals surface area contributed by atoms with Gasteiger partial charge in [0.1, 0.15) is 4.90 Å². The number of hydrogen-bond acceptors (Lipinski definition) is 4. The second-order valence-corrected chi connectivity index (χ2v) is 5.61. The molecule has 0 saturated heterocycles. The van der Waals surface area contributed by atoms with E-state index in [2.05, 4.69) is 0 Å². The van der Waals surface area contributed by atoms with E-state index in [4.69, 9.17) is 20.2 Å². The summed E-state index contributed by atoms with van der Waals surface area (Å²) in [5, 5.41) is 0. The molecule has 82 valence electrons. The highest BCUT2D eigenvalue weighted by Gasteiger charge is 2.22. The Hall–Kier alpha value is -0.940. The van der Waals surface area contributed by atoms with Gasteiger partial charge in [-0.15, -0.1) is 0 Å². The summed E-state index contributed by atoms with van der Waals surface area (Å²) in [6, 6.07) is 4.63. The molecule has 1 aromatic carbocycles. The van der Waals surface area contributed by atoms with Gasteiger partial charge in [0, 0.05) is 17.1 Å². The fourth-order valence-corrected chi connectivity index (χ4v) is 2.35. The first-order chi connectivity index (χ1) is 7.09. The number of para-hydroxylation sites is 1. The van der Waals surface area contributed by atoms with Gasteiger partial charge in [0.25, 0.3) is 9.05 Å². The van der Waals surface area contributed by atoms with Gasteiger partial charge in [-0.25, -0.2) is 8.42 Å². The molecule has 0 unspecified atom stereocenters. The Morgan fingerprint density at radius 2 is 1.93 bits per heavy atom. The zero-order valence-corrected chi connectivity index (χ0v) is 9.35. The van der Waals surface area contributed by atoms with Crippen molar-refractivity contribution in [2.75, 3.05) is 13.2 Å². The van der Waals surface area contributed by atoms with Gasteiger partial charge in [0.15, 0.2) is 11.5 Å². The SMILES string of the molecule is O=S(=O)(Cl)c1cccc2c1OCCCO2. The predicted molar refractivity (Wildman–Crippen MR) is 55.1 cm³/mol. The second-order valence-electron chi connectivity index (χ2n) is 3.07. The molecular weight excluding hydrogens is 240 g/mol. The largest absolute Gasteiger partial charge is 0.490 e. The van der Waals surface area contributed by atoms with Gasteiger partial charge in [-0.05, 0) is 12.1 Å². The number of ether oxygens (including phenoxy) is 2. The topological polar surface area (TPSA) is 52.6 Å². The lowest BCUT2D eigenvalue weighted by Crippen LogP contribution is -2.00. The van der Waals surface area contributed by atoms with Crippen molar-refractivity contribution in [1.29, 1.82) is 0 Å². The lowest BCUT2D eigenvalue weighted by molar-refractivity contribution is 0.295. The molecule has 1 heterocycles. The van der Waals surface area contributed by atoms with Crippen LogP contribution in [0.15, 0.2) is 23.1 Å². The number of halogens is 1. The van der Waals surface area contributed by atoms with Gasteiger partial charge in [0.2, 0.25) is 0 Å². The molecule has 0 aromatic heterocycles. The Kier molecular flexibility index (Phi) is 2.75. The van der Waals surface area contributed by atoms with Crippen molar-refractivity contribution in [3.8, 4) is 11.5 Å². The maximum absolute atomic E-state index is 11.2. The molecule has 0 atom stereocenters. The van der Waals surface area contributed by atoms with E-state index in [1.165, 1.54) is 6.07 Å². The van der Waals surface area contributed by atoms with Crippen LogP contribution in [-0.4, -0.2) is 21.6 Å². The van der Waals surface area contributed by atoms with E-state index >= 15 is 0 Å². The standard InChI is InChI=1S/C9H9ClO4S/c10-15(11,12)8-4-1-3-7-9(8)14-6-2-5-13-7/h1,3-4H,2,5-6H2. The minimum absolute atomic E-state index is 0.0384. The van der Waals surface area contributed by atoms with Crippen molar-refractivity contribution >= 4 is 19.7 Å². The first-order valence-electron chi connectivity index (χ1n) is 4.42. The summed E-state index contributed by atoms with van der Waals surface area (Å²) in [5.74, 6) is 0.638. The summed E-state index contributed by atoms with van der Waals surface area (Å²) in [5.41, 5.74) is 0. The Morgan fingerprint density at radius 3 is 2.67 bits per heavy atom. The fourth-order valence-electron chi connectivity index (χ4n) is 1.36. The molecule has 0 bridgehead atoms. The Morgan fingerprint density at radius 1 is 1.20 bits per heavy atom. The smallest absolute Gasteiger partial charge is 0.265 e. The highest BCUT2D eigenvalue weighted by Crippen LogP contribution is 2.37. The lowest BCUT2D eigenvalue weighted by atomic mass is 10.3. The summed E-state index contributed by atoms with van der Waals surface area (Å²) in [6.45, 7) is 0.940. The van der Waals surface area contributed by atoms with E-state index in [0.29, 0.717) is 19.0 Å². The van der Waals surface area contributed by atoms with Crippen LogP contribution < -0.4 is 9.47 Å². The monoisotopic (exact) mass is 248 g/mol. The molecule has 0 spiro atoms. The molecule has 1 aromatic rings. The zero-order chi connectivity index (χ0) is 10.9. The van der Waals surface area contributed by atoms with Gasteiger partial charge in [-0.2, -0.15) is 0 Å². The van der Waals surface area contributed by atoms with Crippen molar-refractivity contribution < 1.29 is 17.9 Å². The van der Waals surface area contributed by atoms with Crippen LogP contribution in [0.3, 0.4) is 0 Å². The van der Waals surface area contributed by atoms with Crippen LogP contribution in [0.5, 0.6) is 11.5 Å². The molecule has 6 heteroatoms. The molecule has 0 fully saturated rings. The molecule has 1 aliphatic heterocycles. The van der Waals surface area contributed by atoms with E-state index in [1.54, 1.807) is 12.1 Å². The van der Waals surface area contributed by atoms with Crippen LogP contribution in [0.1, 0.15) is 6.42 Å². The van der Waals surface area contributed by atoms with E-state index < -0.39 is 9.05 Å². The quantitative estimate of drug-likeness (QED) is 0.711. The second kappa shape index (κ2) is 3.90. The summed E-state index contributed by atoms with van der Waals surface area (Å²) in [4.78, 5) is -0.0384. The molecule has 0 amide bonds. The predicted octanol–water partition coefficient (Wildman–Crippen LogP) is 1.78. The van der Waals surface area contributed by atoms with Crippen molar-refractivity contribution in [1.82, 2.24) is 0 Å². The summed E-state index contributed by atoms with van der Waals surface area (Å²) in [7, 11) is 1.49. The number of hydrogen-bond donors (Lipinski definition) is 0. The molecule has 0 radical (unpaired) electrons. The normalized spacial score (nSPS) is 15.8. The molecule has 4 nitrogen and oxygen atoms in total. The van der Waals surface area contributed by atoms with Crippen molar-refractivity contribution in [3.63, 3.8) is 0 Å². The van der Waals surface area contributed by atoms with E-state index in [9.17, 15) is 8.42 Å². The summed E-state index contributed by atoms with van der Waals surface area (Å²) < 4.78 is 33.1. The Balaban J connectivity index is 2.58. The molecule has 0 saturated carbocycles. The minimum Gasteiger partial charge on any atom is -0.490 e. The zero-order valence-electron chi connectivity index (χ0n) is 7.77. The van der Waals surface area contributed by atoms with Crippen LogP contribution in [0.25, 0.3) is 0 Å². The number of benzene rings is 1. The van der Waals surface area contributed by atoms with E-state index in [-0.39, 0.29) is 10.6 Å². The van der Waals surface area contributed by atoms with Gasteiger partial charge >= 0.3 is 0 Å².